The molecule has 0 radical (unpaired) electrons. The van der Waals surface area contributed by atoms with E-state index in [1.165, 1.54) is 4.46 Å². The van der Waals surface area contributed by atoms with Crippen LogP contribution in [0.4, 0.5) is 0 Å². The molecule has 0 amide bonds. The second-order valence-corrected chi connectivity index (χ2v) is 7.40. The number of hydrogen-bond acceptors (Lipinski definition) is 2. The topological polar surface area (TPSA) is 26.0 Å². The fourth-order valence-electron chi connectivity index (χ4n) is 1.81. The summed E-state index contributed by atoms with van der Waals surface area (Å²) in [4.78, 5) is 0. The van der Waals surface area contributed by atoms with Crippen LogP contribution in [0.15, 0.2) is 69.7 Å². The molecule has 0 atom stereocenters. The summed E-state index contributed by atoms with van der Waals surface area (Å²) in [5.41, 5.74) is 1.98. The zero-order valence-corrected chi connectivity index (χ0v) is 13.9. The Morgan fingerprint density at radius 2 is 1.75 bits per heavy atom. The Morgan fingerprint density at radius 1 is 1.00 bits per heavy atom. The van der Waals surface area contributed by atoms with Gasteiger partial charge in [0.2, 0.25) is 0 Å². The number of halogens is 1. The van der Waals surface area contributed by atoms with E-state index in [-0.39, 0.29) is 0 Å². The molecule has 4 heteroatoms. The molecule has 0 bridgehead atoms. The van der Waals surface area contributed by atoms with Gasteiger partial charge in [-0.25, -0.2) is 0 Å². The van der Waals surface area contributed by atoms with E-state index >= 15 is 0 Å². The maximum atomic E-state index is 5.42. The molecule has 20 heavy (non-hydrogen) atoms. The molecule has 1 heterocycles. The van der Waals surface area contributed by atoms with Gasteiger partial charge in [0.05, 0.1) is 0 Å². The third-order valence-corrected chi connectivity index (χ3v) is 5.52. The van der Waals surface area contributed by atoms with Gasteiger partial charge < -0.3 is 0 Å². The third-order valence-electron chi connectivity index (χ3n) is 2.82. The molecular formula is C16H12BrNOSe. The van der Waals surface area contributed by atoms with Crippen LogP contribution in [0.5, 0.6) is 0 Å². The summed E-state index contributed by atoms with van der Waals surface area (Å²) < 4.78 is 7.87. The van der Waals surface area contributed by atoms with Gasteiger partial charge in [0, 0.05) is 0 Å². The first-order valence-corrected chi connectivity index (χ1v) is 9.07. The van der Waals surface area contributed by atoms with Crippen molar-refractivity contribution in [2.75, 3.05) is 0 Å². The quantitative estimate of drug-likeness (QED) is 0.633. The molecule has 1 aromatic heterocycles. The predicted octanol–water partition coefficient (Wildman–Crippen LogP) is 3.63. The average Bonchev–Trinajstić information content (AvgIpc) is 2.96. The van der Waals surface area contributed by atoms with Crippen LogP contribution in [0.1, 0.15) is 5.76 Å². The van der Waals surface area contributed by atoms with Gasteiger partial charge in [-0.1, -0.05) is 0 Å². The first-order valence-electron chi connectivity index (χ1n) is 6.21. The van der Waals surface area contributed by atoms with E-state index in [4.69, 9.17) is 4.52 Å². The van der Waals surface area contributed by atoms with Crippen molar-refractivity contribution in [1.29, 1.82) is 0 Å². The second-order valence-electron chi connectivity index (χ2n) is 4.29. The van der Waals surface area contributed by atoms with Crippen molar-refractivity contribution in [1.82, 2.24) is 5.16 Å². The summed E-state index contributed by atoms with van der Waals surface area (Å²) in [6.45, 7) is 0. The molecule has 0 aliphatic heterocycles. The number of rotatable bonds is 4. The summed E-state index contributed by atoms with van der Waals surface area (Å²) in [6.07, 6.45) is 0. The van der Waals surface area contributed by atoms with Gasteiger partial charge in [0.25, 0.3) is 0 Å². The van der Waals surface area contributed by atoms with Crippen LogP contribution in [0, 0.1) is 0 Å². The summed E-state index contributed by atoms with van der Waals surface area (Å²) in [7, 11) is 0. The van der Waals surface area contributed by atoms with E-state index in [0.29, 0.717) is 15.0 Å². The molecule has 0 aliphatic rings. The van der Waals surface area contributed by atoms with Gasteiger partial charge in [0.15, 0.2) is 0 Å². The van der Waals surface area contributed by atoms with E-state index in [0.717, 1.165) is 26.8 Å². The first kappa shape index (κ1) is 13.6. The number of benzene rings is 2. The first-order chi connectivity index (χ1) is 9.81. The number of hydrogen-bond donors (Lipinski definition) is 0. The number of aromatic nitrogens is 1. The van der Waals surface area contributed by atoms with Crippen molar-refractivity contribution in [3.8, 4) is 11.3 Å². The van der Waals surface area contributed by atoms with Crippen LogP contribution in [-0.2, 0) is 5.32 Å². The Balaban J connectivity index is 1.69. The minimum atomic E-state index is 0.387. The van der Waals surface area contributed by atoms with Crippen LogP contribution in [0.25, 0.3) is 11.3 Å². The fourth-order valence-corrected chi connectivity index (χ4v) is 3.74. The molecule has 3 rings (SSSR count). The normalized spacial score (nSPS) is 10.7. The summed E-state index contributed by atoms with van der Waals surface area (Å²) in [5, 5.41) is 5.08. The van der Waals surface area contributed by atoms with Crippen LogP contribution in [0.3, 0.4) is 0 Å². The molecule has 0 aliphatic carbocycles. The van der Waals surface area contributed by atoms with Gasteiger partial charge in [-0.05, 0) is 0 Å². The van der Waals surface area contributed by atoms with Crippen molar-refractivity contribution >= 4 is 35.3 Å². The third kappa shape index (κ3) is 3.40. The fraction of sp³-hybridized carbons (Fsp3) is 0.0625. The van der Waals surface area contributed by atoms with Gasteiger partial charge >= 0.3 is 133 Å². The van der Waals surface area contributed by atoms with Crippen LogP contribution in [0.2, 0.25) is 0 Å². The van der Waals surface area contributed by atoms with Crippen molar-refractivity contribution in [3.05, 3.63) is 70.9 Å². The molecule has 0 saturated carbocycles. The molecule has 0 saturated heterocycles. The molecule has 2 nitrogen and oxygen atoms in total. The molecular weight excluding hydrogens is 381 g/mol. The van der Waals surface area contributed by atoms with E-state index in [9.17, 15) is 0 Å². The predicted molar refractivity (Wildman–Crippen MR) is 85.2 cm³/mol. The van der Waals surface area contributed by atoms with Crippen molar-refractivity contribution in [2.24, 2.45) is 0 Å². The maximum absolute atomic E-state index is 5.42. The molecule has 0 spiro atoms. The van der Waals surface area contributed by atoms with E-state index in [1.807, 2.05) is 36.4 Å². The van der Waals surface area contributed by atoms with Gasteiger partial charge in [-0.3, -0.25) is 0 Å². The van der Waals surface area contributed by atoms with Crippen molar-refractivity contribution in [2.45, 2.75) is 5.32 Å². The monoisotopic (exact) mass is 393 g/mol. The summed E-state index contributed by atoms with van der Waals surface area (Å²) in [5.74, 6) is 0.951. The Kier molecular flexibility index (Phi) is 4.36. The zero-order chi connectivity index (χ0) is 13.8. The average molecular weight is 393 g/mol. The van der Waals surface area contributed by atoms with Crippen molar-refractivity contribution in [3.63, 3.8) is 0 Å². The Bertz CT molecular complexity index is 679. The van der Waals surface area contributed by atoms with Gasteiger partial charge in [0.1, 0.15) is 0 Å². The minimum absolute atomic E-state index is 0.387. The van der Waals surface area contributed by atoms with E-state index in [2.05, 4.69) is 45.4 Å². The Morgan fingerprint density at radius 3 is 2.50 bits per heavy atom. The second kappa shape index (κ2) is 6.40. The molecule has 0 N–H and O–H groups in total. The van der Waals surface area contributed by atoms with E-state index < -0.39 is 0 Å². The summed E-state index contributed by atoms with van der Waals surface area (Å²) >= 11 is 3.82. The number of nitrogens with zero attached hydrogens (tertiary/aromatic N) is 1. The van der Waals surface area contributed by atoms with Gasteiger partial charge in [-0.2, -0.15) is 0 Å². The molecule has 2 aromatic carbocycles. The van der Waals surface area contributed by atoms with Crippen LogP contribution < -0.4 is 4.46 Å². The zero-order valence-electron chi connectivity index (χ0n) is 10.6. The SMILES string of the molecule is Brc1ccc(-c2cc(C[Se]c3ccccc3)on2)cc1. The van der Waals surface area contributed by atoms with Crippen LogP contribution >= 0.6 is 15.9 Å². The molecule has 0 fully saturated rings. The Labute approximate surface area is 132 Å². The summed E-state index contributed by atoms with van der Waals surface area (Å²) in [6, 6.07) is 20.6. The molecule has 100 valence electrons. The van der Waals surface area contributed by atoms with Gasteiger partial charge in [-0.15, -0.1) is 0 Å². The van der Waals surface area contributed by atoms with Crippen molar-refractivity contribution < 1.29 is 4.52 Å². The molecule has 0 unspecified atom stereocenters. The van der Waals surface area contributed by atoms with Crippen LogP contribution in [-0.4, -0.2) is 20.1 Å². The molecule has 3 aromatic rings. The van der Waals surface area contributed by atoms with E-state index in [1.54, 1.807) is 0 Å². The Hall–Kier alpha value is -1.35. The standard InChI is InChI=1S/C16H12BrNOSe/c17-13-8-6-12(7-9-13)16-10-14(19-18-16)11-20-15-4-2-1-3-5-15/h1-10H,11H2.